The number of allylic oxidation sites excluding steroid dienone is 3. The number of carboxylic acid groups (broad SMARTS) is 1. The van der Waals surface area contributed by atoms with Crippen molar-refractivity contribution in [3.8, 4) is 0 Å². The second kappa shape index (κ2) is 8.04. The lowest BCUT2D eigenvalue weighted by molar-refractivity contribution is -0.137. The molecular weight excluding hydrogens is 182 g/mol. The highest BCUT2D eigenvalue weighted by Gasteiger charge is 1.99. The Morgan fingerprint density at radius 1 is 1.29 bits per heavy atom. The van der Waals surface area contributed by atoms with Gasteiger partial charge in [-0.05, 0) is 6.42 Å². The highest BCUT2D eigenvalue weighted by Crippen LogP contribution is 1.86. The Bertz CT molecular complexity index is 244. The average molecular weight is 197 g/mol. The van der Waals surface area contributed by atoms with E-state index in [0.717, 1.165) is 6.42 Å². The molecule has 0 rings (SSSR count). The van der Waals surface area contributed by atoms with E-state index in [9.17, 15) is 9.59 Å². The summed E-state index contributed by atoms with van der Waals surface area (Å²) in [5.74, 6) is -1.32. The first-order valence-corrected chi connectivity index (χ1v) is 4.47. The monoisotopic (exact) mass is 197 g/mol. The molecule has 0 aliphatic carbocycles. The molecule has 0 saturated heterocycles. The Labute approximate surface area is 83.3 Å². The van der Waals surface area contributed by atoms with Crippen LogP contribution in [0.4, 0.5) is 0 Å². The molecule has 0 aliphatic heterocycles. The van der Waals surface area contributed by atoms with Crippen LogP contribution in [0.25, 0.3) is 0 Å². The lowest BCUT2D eigenvalue weighted by Crippen LogP contribution is -2.28. The first kappa shape index (κ1) is 12.4. The SMILES string of the molecule is CC/C=C/C=C/CC(=O)NCC(=O)O. The molecule has 0 atom stereocenters. The highest BCUT2D eigenvalue weighted by atomic mass is 16.4. The van der Waals surface area contributed by atoms with E-state index < -0.39 is 5.97 Å². The molecule has 0 aromatic carbocycles. The van der Waals surface area contributed by atoms with Crippen molar-refractivity contribution >= 4 is 11.9 Å². The van der Waals surface area contributed by atoms with E-state index in [1.165, 1.54) is 0 Å². The van der Waals surface area contributed by atoms with Gasteiger partial charge in [-0.3, -0.25) is 9.59 Å². The molecule has 2 N–H and O–H groups in total. The van der Waals surface area contributed by atoms with Gasteiger partial charge in [0.1, 0.15) is 6.54 Å². The Hall–Kier alpha value is -1.58. The van der Waals surface area contributed by atoms with Crippen LogP contribution < -0.4 is 5.32 Å². The summed E-state index contributed by atoms with van der Waals surface area (Å²) in [7, 11) is 0. The summed E-state index contributed by atoms with van der Waals surface area (Å²) in [6.07, 6.45) is 8.43. The summed E-state index contributed by atoms with van der Waals surface area (Å²) >= 11 is 0. The third kappa shape index (κ3) is 8.52. The maximum atomic E-state index is 10.9. The number of hydrogen-bond donors (Lipinski definition) is 2. The first-order valence-electron chi connectivity index (χ1n) is 4.47. The fourth-order valence-corrected chi connectivity index (χ4v) is 0.715. The van der Waals surface area contributed by atoms with Crippen LogP contribution in [0.5, 0.6) is 0 Å². The van der Waals surface area contributed by atoms with Crippen molar-refractivity contribution in [3.63, 3.8) is 0 Å². The van der Waals surface area contributed by atoms with E-state index in [2.05, 4.69) is 5.32 Å². The van der Waals surface area contributed by atoms with Gasteiger partial charge in [-0.15, -0.1) is 0 Å². The van der Waals surface area contributed by atoms with Gasteiger partial charge in [-0.25, -0.2) is 0 Å². The molecule has 4 nitrogen and oxygen atoms in total. The minimum atomic E-state index is -1.03. The van der Waals surface area contributed by atoms with Gasteiger partial charge in [0.15, 0.2) is 0 Å². The van der Waals surface area contributed by atoms with E-state index in [0.29, 0.717) is 0 Å². The molecule has 0 fully saturated rings. The molecule has 0 spiro atoms. The predicted octanol–water partition coefficient (Wildman–Crippen LogP) is 1.10. The third-order valence-electron chi connectivity index (χ3n) is 1.36. The van der Waals surface area contributed by atoms with Crippen LogP contribution in [0.2, 0.25) is 0 Å². The van der Waals surface area contributed by atoms with Crippen molar-refractivity contribution in [3.05, 3.63) is 24.3 Å². The second-order valence-electron chi connectivity index (χ2n) is 2.64. The topological polar surface area (TPSA) is 66.4 Å². The molecule has 0 heterocycles. The van der Waals surface area contributed by atoms with Gasteiger partial charge >= 0.3 is 5.97 Å². The highest BCUT2D eigenvalue weighted by molar-refractivity contribution is 5.82. The molecule has 0 saturated carbocycles. The quantitative estimate of drug-likeness (QED) is 0.626. The van der Waals surface area contributed by atoms with Crippen molar-refractivity contribution in [2.45, 2.75) is 19.8 Å². The molecule has 0 bridgehead atoms. The van der Waals surface area contributed by atoms with Gasteiger partial charge in [-0.1, -0.05) is 31.2 Å². The Kier molecular flexibility index (Phi) is 7.13. The van der Waals surface area contributed by atoms with Gasteiger partial charge in [0.25, 0.3) is 0 Å². The number of nitrogens with one attached hydrogen (secondary N) is 1. The van der Waals surface area contributed by atoms with E-state index in [4.69, 9.17) is 5.11 Å². The first-order chi connectivity index (χ1) is 6.66. The maximum Gasteiger partial charge on any atom is 0.322 e. The van der Waals surface area contributed by atoms with Gasteiger partial charge < -0.3 is 10.4 Å². The Morgan fingerprint density at radius 3 is 2.50 bits per heavy atom. The summed E-state index contributed by atoms with van der Waals surface area (Å²) in [6, 6.07) is 0. The number of aliphatic carboxylic acids is 1. The van der Waals surface area contributed by atoms with E-state index >= 15 is 0 Å². The Balaban J connectivity index is 3.58. The lowest BCUT2D eigenvalue weighted by atomic mass is 10.3. The smallest absolute Gasteiger partial charge is 0.322 e. The van der Waals surface area contributed by atoms with E-state index in [1.54, 1.807) is 12.2 Å². The molecule has 4 heteroatoms. The van der Waals surface area contributed by atoms with Gasteiger partial charge in [0.2, 0.25) is 5.91 Å². The summed E-state index contributed by atoms with van der Waals surface area (Å²) in [6.45, 7) is 1.70. The van der Waals surface area contributed by atoms with Crippen LogP contribution in [0.1, 0.15) is 19.8 Å². The van der Waals surface area contributed by atoms with Crippen molar-refractivity contribution in [2.75, 3.05) is 6.54 Å². The largest absolute Gasteiger partial charge is 0.480 e. The molecule has 0 unspecified atom stereocenters. The van der Waals surface area contributed by atoms with Crippen LogP contribution >= 0.6 is 0 Å². The molecule has 0 aromatic rings. The normalized spacial score (nSPS) is 10.9. The summed E-state index contributed by atoms with van der Waals surface area (Å²) < 4.78 is 0. The zero-order valence-corrected chi connectivity index (χ0v) is 8.19. The summed E-state index contributed by atoms with van der Waals surface area (Å²) in [4.78, 5) is 21.0. The van der Waals surface area contributed by atoms with Gasteiger partial charge in [0.05, 0.1) is 0 Å². The number of hydrogen-bond acceptors (Lipinski definition) is 2. The molecule has 0 radical (unpaired) electrons. The van der Waals surface area contributed by atoms with E-state index in [-0.39, 0.29) is 18.9 Å². The zero-order valence-electron chi connectivity index (χ0n) is 8.19. The van der Waals surface area contributed by atoms with Crippen LogP contribution in [0, 0.1) is 0 Å². The molecule has 1 amide bonds. The summed E-state index contributed by atoms with van der Waals surface area (Å²) in [5, 5.41) is 10.5. The minimum absolute atomic E-state index is 0.210. The second-order valence-corrected chi connectivity index (χ2v) is 2.64. The fourth-order valence-electron chi connectivity index (χ4n) is 0.715. The molecule has 14 heavy (non-hydrogen) atoms. The molecule has 78 valence electrons. The van der Waals surface area contributed by atoms with Crippen LogP contribution in [-0.2, 0) is 9.59 Å². The molecule has 0 aromatic heterocycles. The standard InChI is InChI=1S/C10H15NO3/c1-2-3-4-5-6-7-9(12)11-8-10(13)14/h3-6H,2,7-8H2,1H3,(H,11,12)(H,13,14)/b4-3+,6-5+. The van der Waals surface area contributed by atoms with Gasteiger partial charge in [0, 0.05) is 6.42 Å². The fraction of sp³-hybridized carbons (Fsp3) is 0.400. The predicted molar refractivity (Wildman–Crippen MR) is 53.8 cm³/mol. The van der Waals surface area contributed by atoms with Crippen molar-refractivity contribution in [1.82, 2.24) is 5.32 Å². The van der Waals surface area contributed by atoms with Crippen LogP contribution in [-0.4, -0.2) is 23.5 Å². The number of amides is 1. The van der Waals surface area contributed by atoms with Gasteiger partial charge in [-0.2, -0.15) is 0 Å². The lowest BCUT2D eigenvalue weighted by Gasteiger charge is -1.97. The van der Waals surface area contributed by atoms with Crippen LogP contribution in [0.3, 0.4) is 0 Å². The number of carbonyl (C=O) groups is 2. The minimum Gasteiger partial charge on any atom is -0.480 e. The van der Waals surface area contributed by atoms with Crippen molar-refractivity contribution < 1.29 is 14.7 Å². The number of carbonyl (C=O) groups excluding carboxylic acids is 1. The van der Waals surface area contributed by atoms with E-state index in [1.807, 2.05) is 19.1 Å². The molecule has 0 aliphatic rings. The number of carboxylic acids is 1. The zero-order chi connectivity index (χ0) is 10.8. The number of rotatable bonds is 6. The molecular formula is C10H15NO3. The average Bonchev–Trinajstić information content (AvgIpc) is 2.14. The summed E-state index contributed by atoms with van der Waals surface area (Å²) in [5.41, 5.74) is 0. The third-order valence-corrected chi connectivity index (χ3v) is 1.36. The van der Waals surface area contributed by atoms with Crippen LogP contribution in [0.15, 0.2) is 24.3 Å². The Morgan fingerprint density at radius 2 is 1.93 bits per heavy atom. The van der Waals surface area contributed by atoms with Crippen molar-refractivity contribution in [1.29, 1.82) is 0 Å². The maximum absolute atomic E-state index is 10.9. The van der Waals surface area contributed by atoms with Crippen molar-refractivity contribution in [2.24, 2.45) is 0 Å².